The van der Waals surface area contributed by atoms with Crippen molar-refractivity contribution in [2.75, 3.05) is 51.4 Å². The molecule has 1 amide bonds. The molecule has 2 aromatic carbocycles. The van der Waals surface area contributed by atoms with Crippen LogP contribution < -0.4 is 14.8 Å². The van der Waals surface area contributed by atoms with Crippen molar-refractivity contribution in [3.63, 3.8) is 0 Å². The number of para-hydroxylation sites is 2. The van der Waals surface area contributed by atoms with E-state index in [2.05, 4.69) is 10.2 Å². The van der Waals surface area contributed by atoms with Crippen LogP contribution in [0.2, 0.25) is 5.02 Å². The van der Waals surface area contributed by atoms with Crippen molar-refractivity contribution in [2.24, 2.45) is 0 Å². The number of carbonyl (C=O) groups excluding carboxylic acids is 1. The number of benzene rings is 2. The van der Waals surface area contributed by atoms with Gasteiger partial charge in [-0.1, -0.05) is 23.7 Å². The van der Waals surface area contributed by atoms with E-state index in [4.69, 9.17) is 30.5 Å². The highest BCUT2D eigenvalue weighted by Crippen LogP contribution is 2.36. The zero-order chi connectivity index (χ0) is 21.5. The van der Waals surface area contributed by atoms with Crippen molar-refractivity contribution >= 4 is 23.2 Å². The van der Waals surface area contributed by atoms with Crippen LogP contribution in [0.1, 0.15) is 12.8 Å². The first-order valence-electron chi connectivity index (χ1n) is 10.6. The van der Waals surface area contributed by atoms with E-state index in [1.165, 1.54) is 0 Å². The van der Waals surface area contributed by atoms with E-state index in [-0.39, 0.29) is 18.5 Å². The molecule has 2 aromatic rings. The number of amides is 1. The van der Waals surface area contributed by atoms with Crippen molar-refractivity contribution in [1.29, 1.82) is 0 Å². The second-order valence-corrected chi connectivity index (χ2v) is 7.95. The van der Waals surface area contributed by atoms with Gasteiger partial charge in [-0.05, 0) is 43.2 Å². The van der Waals surface area contributed by atoms with Crippen molar-refractivity contribution < 1.29 is 23.7 Å². The summed E-state index contributed by atoms with van der Waals surface area (Å²) < 4.78 is 23.2. The smallest absolute Gasteiger partial charge is 0.238 e. The summed E-state index contributed by atoms with van der Waals surface area (Å²) in [4.78, 5) is 15.1. The normalized spacial score (nSPS) is 19.6. The van der Waals surface area contributed by atoms with E-state index in [1.807, 2.05) is 24.3 Å². The molecule has 0 spiro atoms. The molecule has 0 bridgehead atoms. The Balaban J connectivity index is 1.58. The monoisotopic (exact) mass is 446 g/mol. The van der Waals surface area contributed by atoms with Gasteiger partial charge in [0.15, 0.2) is 17.2 Å². The summed E-state index contributed by atoms with van der Waals surface area (Å²) in [6, 6.07) is 12.9. The highest BCUT2D eigenvalue weighted by Gasteiger charge is 2.24. The number of halogens is 1. The standard InChI is InChI=1S/C23H27ClN2O5/c24-17-5-6-20-19(15-17)25-23(27)16-26(18-7-10-28-11-8-18)9-12-29-13-14-30-21-3-1-2-4-22(21)31-20/h1-6,15,18H,7-14,16H2,(H,25,27). The van der Waals surface area contributed by atoms with Gasteiger partial charge in [-0.15, -0.1) is 0 Å². The van der Waals surface area contributed by atoms with Crippen molar-refractivity contribution in [3.8, 4) is 17.2 Å². The molecule has 0 atom stereocenters. The summed E-state index contributed by atoms with van der Waals surface area (Å²) in [6.45, 7) is 3.72. The van der Waals surface area contributed by atoms with Crippen LogP contribution in [0.15, 0.2) is 42.5 Å². The van der Waals surface area contributed by atoms with Gasteiger partial charge in [0, 0.05) is 30.8 Å². The number of nitrogens with one attached hydrogen (secondary N) is 1. The molecule has 31 heavy (non-hydrogen) atoms. The van der Waals surface area contributed by atoms with Gasteiger partial charge in [-0.25, -0.2) is 0 Å². The van der Waals surface area contributed by atoms with Gasteiger partial charge in [-0.2, -0.15) is 0 Å². The van der Waals surface area contributed by atoms with Crippen LogP contribution >= 0.6 is 11.6 Å². The quantitative estimate of drug-likeness (QED) is 0.715. The summed E-state index contributed by atoms with van der Waals surface area (Å²) in [7, 11) is 0. The van der Waals surface area contributed by atoms with Crippen LogP contribution in [0.4, 0.5) is 5.69 Å². The minimum atomic E-state index is -0.127. The third-order valence-corrected chi connectivity index (χ3v) is 5.58. The van der Waals surface area contributed by atoms with Gasteiger partial charge in [0.25, 0.3) is 0 Å². The lowest BCUT2D eigenvalue weighted by Crippen LogP contribution is -2.45. The molecule has 1 fully saturated rings. The molecule has 1 saturated heterocycles. The van der Waals surface area contributed by atoms with Gasteiger partial charge in [0.05, 0.1) is 25.4 Å². The first-order chi connectivity index (χ1) is 15.2. The summed E-state index contributed by atoms with van der Waals surface area (Å²) in [6.07, 6.45) is 1.80. The molecular formula is C23H27ClN2O5. The largest absolute Gasteiger partial charge is 0.487 e. The maximum Gasteiger partial charge on any atom is 0.238 e. The minimum absolute atomic E-state index is 0.127. The van der Waals surface area contributed by atoms with Crippen molar-refractivity contribution in [1.82, 2.24) is 4.90 Å². The molecule has 7 nitrogen and oxygen atoms in total. The van der Waals surface area contributed by atoms with E-state index in [9.17, 15) is 4.79 Å². The average molecular weight is 447 g/mol. The Kier molecular flexibility index (Phi) is 7.64. The molecule has 8 heteroatoms. The summed E-state index contributed by atoms with van der Waals surface area (Å²) in [5, 5.41) is 3.48. The first-order valence-corrected chi connectivity index (χ1v) is 11.0. The van der Waals surface area contributed by atoms with E-state index in [1.54, 1.807) is 18.2 Å². The summed E-state index contributed by atoms with van der Waals surface area (Å²) >= 11 is 6.20. The molecule has 166 valence electrons. The number of nitrogens with zero attached hydrogens (tertiary/aromatic N) is 1. The number of hydrogen-bond acceptors (Lipinski definition) is 6. The third-order valence-electron chi connectivity index (χ3n) is 5.35. The van der Waals surface area contributed by atoms with Crippen molar-refractivity contribution in [3.05, 3.63) is 47.5 Å². The predicted octanol–water partition coefficient (Wildman–Crippen LogP) is 3.96. The Hall–Kier alpha value is -2.32. The number of fused-ring (bicyclic) bond motifs is 2. The molecule has 0 aromatic heterocycles. The number of carbonyl (C=O) groups is 1. The Morgan fingerprint density at radius 1 is 0.903 bits per heavy atom. The van der Waals surface area contributed by atoms with Crippen LogP contribution in [-0.4, -0.2) is 63.0 Å². The fourth-order valence-corrected chi connectivity index (χ4v) is 3.94. The molecule has 0 radical (unpaired) electrons. The molecule has 2 aliphatic heterocycles. The molecule has 0 unspecified atom stereocenters. The maximum atomic E-state index is 12.9. The average Bonchev–Trinajstić information content (AvgIpc) is 2.78. The molecule has 1 N–H and O–H groups in total. The molecular weight excluding hydrogens is 420 g/mol. The van der Waals surface area contributed by atoms with Gasteiger partial charge in [0.2, 0.25) is 5.91 Å². The lowest BCUT2D eigenvalue weighted by molar-refractivity contribution is -0.118. The van der Waals surface area contributed by atoms with E-state index in [0.717, 1.165) is 12.8 Å². The van der Waals surface area contributed by atoms with E-state index < -0.39 is 0 Å². The predicted molar refractivity (Wildman–Crippen MR) is 118 cm³/mol. The van der Waals surface area contributed by atoms with Crippen LogP contribution in [0.25, 0.3) is 0 Å². The van der Waals surface area contributed by atoms with Crippen molar-refractivity contribution in [2.45, 2.75) is 18.9 Å². The van der Waals surface area contributed by atoms with Gasteiger partial charge < -0.3 is 24.3 Å². The molecule has 2 aliphatic rings. The highest BCUT2D eigenvalue weighted by atomic mass is 35.5. The fourth-order valence-electron chi connectivity index (χ4n) is 3.77. The lowest BCUT2D eigenvalue weighted by Gasteiger charge is -2.33. The molecule has 0 aliphatic carbocycles. The van der Waals surface area contributed by atoms with Gasteiger partial charge >= 0.3 is 0 Å². The molecule has 2 heterocycles. The summed E-state index contributed by atoms with van der Waals surface area (Å²) in [5.41, 5.74) is 0.519. The Bertz CT molecular complexity index is 888. The molecule has 0 saturated carbocycles. The second kappa shape index (κ2) is 10.8. The van der Waals surface area contributed by atoms with Crippen LogP contribution in [0, 0.1) is 0 Å². The Morgan fingerprint density at radius 2 is 1.68 bits per heavy atom. The number of hydrogen-bond donors (Lipinski definition) is 1. The maximum absolute atomic E-state index is 12.9. The summed E-state index contributed by atoms with van der Waals surface area (Å²) in [5.74, 6) is 1.53. The Labute approximate surface area is 187 Å². The topological polar surface area (TPSA) is 69.3 Å². The SMILES string of the molecule is O=C1CN(C2CCOCC2)CCOCCOc2ccccc2Oc2ccc(Cl)cc2N1. The zero-order valence-corrected chi connectivity index (χ0v) is 18.1. The number of ether oxygens (including phenoxy) is 4. The van der Waals surface area contributed by atoms with Crippen LogP contribution in [-0.2, 0) is 14.3 Å². The lowest BCUT2D eigenvalue weighted by atomic mass is 10.1. The van der Waals surface area contributed by atoms with Crippen LogP contribution in [0.3, 0.4) is 0 Å². The first kappa shape index (κ1) is 21.9. The van der Waals surface area contributed by atoms with E-state index in [0.29, 0.717) is 67.5 Å². The second-order valence-electron chi connectivity index (χ2n) is 7.51. The molecule has 4 rings (SSSR count). The van der Waals surface area contributed by atoms with Gasteiger partial charge in [-0.3, -0.25) is 9.69 Å². The third kappa shape index (κ3) is 6.11. The van der Waals surface area contributed by atoms with Gasteiger partial charge in [0.1, 0.15) is 6.61 Å². The number of rotatable bonds is 1. The Morgan fingerprint density at radius 3 is 2.52 bits per heavy atom. The highest BCUT2D eigenvalue weighted by molar-refractivity contribution is 6.31. The van der Waals surface area contributed by atoms with E-state index >= 15 is 0 Å². The zero-order valence-electron chi connectivity index (χ0n) is 17.3. The van der Waals surface area contributed by atoms with Crippen LogP contribution in [0.5, 0.6) is 17.2 Å². The fraction of sp³-hybridized carbons (Fsp3) is 0.435. The minimum Gasteiger partial charge on any atom is -0.487 e. The number of anilines is 1.